The standard InChI is InChI=1S/C24H25O4S.C5H5.Fe/c1-15-9-11-17(12-10-15)29(27)23-8-6-7-18(23)19-13-21(26)20(24(3,4)5)14-22(19)28-16(2)25;1-2-4-5-3-1;/h6-14,26H,1-5H3;1-5H;/q;;+2/t29-;;/m0../s1. The van der Waals surface area contributed by atoms with Crippen molar-refractivity contribution >= 4 is 16.8 Å². The van der Waals surface area contributed by atoms with Crippen LogP contribution in [0.25, 0.3) is 0 Å². The predicted molar refractivity (Wildman–Crippen MR) is 136 cm³/mol. The number of esters is 1. The van der Waals surface area contributed by atoms with Gasteiger partial charge < -0.3 is 9.84 Å². The van der Waals surface area contributed by atoms with Crippen LogP contribution in [0.5, 0.6) is 11.5 Å². The van der Waals surface area contributed by atoms with Gasteiger partial charge in [0.15, 0.2) is 0 Å². The van der Waals surface area contributed by atoms with Gasteiger partial charge in [0.1, 0.15) is 11.5 Å². The van der Waals surface area contributed by atoms with E-state index in [-0.39, 0.29) is 28.2 Å². The van der Waals surface area contributed by atoms with Crippen molar-refractivity contribution in [3.05, 3.63) is 116 Å². The van der Waals surface area contributed by atoms with E-state index in [1.807, 2.05) is 96.9 Å². The molecule has 182 valence electrons. The first kappa shape index (κ1) is 29.6. The van der Waals surface area contributed by atoms with Crippen molar-refractivity contribution in [3.8, 4) is 11.5 Å². The topological polar surface area (TPSA) is 63.6 Å². The molecule has 35 heavy (non-hydrogen) atoms. The van der Waals surface area contributed by atoms with Crippen molar-refractivity contribution in [1.82, 2.24) is 0 Å². The number of ether oxygens (including phenoxy) is 1. The summed E-state index contributed by atoms with van der Waals surface area (Å²) < 4.78 is 18.7. The zero-order valence-electron chi connectivity index (χ0n) is 20.5. The van der Waals surface area contributed by atoms with Gasteiger partial charge in [0.25, 0.3) is 0 Å². The summed E-state index contributed by atoms with van der Waals surface area (Å²) in [5.74, 6) is 0.658. The van der Waals surface area contributed by atoms with E-state index >= 15 is 0 Å². The Kier molecular flexibility index (Phi) is 11.1. The Morgan fingerprint density at radius 2 is 1.49 bits per heavy atom. The maximum atomic E-state index is 13.2. The fraction of sp³-hybridized carbons (Fsp3) is 0.207. The van der Waals surface area contributed by atoms with Crippen LogP contribution < -0.4 is 4.74 Å². The number of aromatic hydroxyl groups is 1. The van der Waals surface area contributed by atoms with Gasteiger partial charge in [0.05, 0.1) is 16.0 Å². The van der Waals surface area contributed by atoms with Crippen molar-refractivity contribution in [1.29, 1.82) is 0 Å². The number of benzene rings is 2. The first-order valence-corrected chi connectivity index (χ1v) is 12.2. The molecule has 0 unspecified atom stereocenters. The summed E-state index contributed by atoms with van der Waals surface area (Å²) in [7, 11) is -1.41. The van der Waals surface area contributed by atoms with E-state index in [1.54, 1.807) is 18.6 Å². The Hall–Kier alpha value is -1.62. The van der Waals surface area contributed by atoms with E-state index in [9.17, 15) is 14.1 Å². The van der Waals surface area contributed by atoms with Gasteiger partial charge in [-0.05, 0) is 88.0 Å². The van der Waals surface area contributed by atoms with E-state index < -0.39 is 16.8 Å². The number of rotatable bonds is 4. The third kappa shape index (κ3) is 7.93. The molecule has 0 bridgehead atoms. The van der Waals surface area contributed by atoms with Crippen LogP contribution in [0.2, 0.25) is 0 Å². The Morgan fingerprint density at radius 3 is 2.00 bits per heavy atom. The van der Waals surface area contributed by atoms with Crippen LogP contribution in [-0.4, -0.2) is 15.3 Å². The summed E-state index contributed by atoms with van der Waals surface area (Å²) in [5.41, 5.74) is 1.96. The molecule has 2 aromatic carbocycles. The number of hydrogen-bond donors (Lipinski definition) is 1. The van der Waals surface area contributed by atoms with Crippen molar-refractivity contribution in [2.45, 2.75) is 44.9 Å². The van der Waals surface area contributed by atoms with E-state index in [0.29, 0.717) is 32.9 Å². The fourth-order valence-electron chi connectivity index (χ4n) is 3.52. The normalized spacial score (nSPS) is 17.3. The molecule has 4 nitrogen and oxygen atoms in total. The van der Waals surface area contributed by atoms with Crippen LogP contribution >= 0.6 is 0 Å². The second kappa shape index (κ2) is 13.1. The largest absolute Gasteiger partial charge is 2.00 e. The summed E-state index contributed by atoms with van der Waals surface area (Å²) in [5, 5.41) is 11.2. The van der Waals surface area contributed by atoms with Gasteiger partial charge >= 0.3 is 23.0 Å². The molecule has 1 N–H and O–H groups in total. The molecule has 2 aliphatic carbocycles. The van der Waals surface area contributed by atoms with Gasteiger partial charge in [-0.25, -0.2) is 0 Å². The summed E-state index contributed by atoms with van der Waals surface area (Å²) in [6.45, 7) is 9.23. The van der Waals surface area contributed by atoms with Crippen LogP contribution in [0.15, 0.2) is 41.3 Å². The van der Waals surface area contributed by atoms with Gasteiger partial charge in [-0.15, -0.1) is 0 Å². The first-order valence-electron chi connectivity index (χ1n) is 11.0. The Bertz CT molecular complexity index is 999. The van der Waals surface area contributed by atoms with Gasteiger partial charge in [-0.1, -0.05) is 38.5 Å². The number of phenols is 1. The maximum absolute atomic E-state index is 13.2. The molecular weight excluding hydrogens is 500 g/mol. The molecular formula is C29H30FeO4S+2. The SMILES string of the molecule is CC(=O)Oc1cc(C(C)(C)C)c(O)cc1[C]1[CH][CH][CH][C]1[S@@](=O)c1ccc(C)cc1.[CH]1[CH][CH][CH][CH]1.[Fe+2]. The van der Waals surface area contributed by atoms with Crippen molar-refractivity contribution in [2.75, 3.05) is 0 Å². The van der Waals surface area contributed by atoms with Crippen LogP contribution in [-0.2, 0) is 38.1 Å². The molecule has 1 atom stereocenters. The monoisotopic (exact) mass is 530 g/mol. The minimum atomic E-state index is -1.41. The van der Waals surface area contributed by atoms with Gasteiger partial charge in [0.2, 0.25) is 0 Å². The Balaban J connectivity index is 0.000000640. The molecule has 0 saturated heterocycles. The van der Waals surface area contributed by atoms with Crippen LogP contribution in [0.3, 0.4) is 0 Å². The molecule has 6 heteroatoms. The molecule has 0 heterocycles. The summed E-state index contributed by atoms with van der Waals surface area (Å²) >= 11 is 0. The average Bonchev–Trinajstić information content (AvgIpc) is 3.49. The zero-order chi connectivity index (χ0) is 24.9. The maximum Gasteiger partial charge on any atom is 2.00 e. The van der Waals surface area contributed by atoms with Crippen molar-refractivity contribution in [2.24, 2.45) is 0 Å². The minimum absolute atomic E-state index is 0. The first-order chi connectivity index (χ1) is 16.1. The molecule has 2 fully saturated rings. The number of phenolic OH excluding ortho intramolecular Hbond substituents is 1. The van der Waals surface area contributed by atoms with Gasteiger partial charge in [-0.2, -0.15) is 0 Å². The van der Waals surface area contributed by atoms with E-state index in [0.717, 1.165) is 5.56 Å². The molecule has 0 amide bonds. The second-order valence-electron chi connectivity index (χ2n) is 9.06. The predicted octanol–water partition coefficient (Wildman–Crippen LogP) is 5.83. The number of carbonyl (C=O) groups excluding carboxylic acids is 1. The molecule has 0 spiro atoms. The molecule has 0 aliphatic heterocycles. The van der Waals surface area contributed by atoms with Crippen LogP contribution in [0.1, 0.15) is 44.4 Å². The second-order valence-corrected chi connectivity index (χ2v) is 10.5. The molecule has 4 rings (SSSR count). The van der Waals surface area contributed by atoms with Crippen molar-refractivity contribution < 1.29 is 35.9 Å². The van der Waals surface area contributed by atoms with E-state index in [4.69, 9.17) is 4.74 Å². The number of aryl methyl sites for hydroxylation is 1. The fourth-order valence-corrected chi connectivity index (χ4v) is 4.73. The van der Waals surface area contributed by atoms with E-state index in [2.05, 4.69) is 0 Å². The number of carbonyl (C=O) groups is 1. The molecule has 10 radical (unpaired) electrons. The minimum Gasteiger partial charge on any atom is -0.508 e. The summed E-state index contributed by atoms with van der Waals surface area (Å²) in [6, 6.07) is 10.8. The summed E-state index contributed by atoms with van der Waals surface area (Å²) in [6.07, 6.45) is 15.4. The van der Waals surface area contributed by atoms with Crippen LogP contribution in [0.4, 0.5) is 0 Å². The Morgan fingerprint density at radius 1 is 0.914 bits per heavy atom. The van der Waals surface area contributed by atoms with Gasteiger partial charge in [0, 0.05) is 28.9 Å². The summed E-state index contributed by atoms with van der Waals surface area (Å²) in [4.78, 5) is 12.4. The third-order valence-corrected chi connectivity index (χ3v) is 6.67. The Labute approximate surface area is 224 Å². The zero-order valence-corrected chi connectivity index (χ0v) is 22.4. The van der Waals surface area contributed by atoms with Crippen molar-refractivity contribution in [3.63, 3.8) is 0 Å². The molecule has 2 aromatic rings. The average molecular weight is 530 g/mol. The van der Waals surface area contributed by atoms with Crippen LogP contribution in [0, 0.1) is 69.5 Å². The third-order valence-electron chi connectivity index (χ3n) is 5.22. The molecule has 2 saturated carbocycles. The van der Waals surface area contributed by atoms with Gasteiger partial charge in [-0.3, -0.25) is 9.00 Å². The molecule has 2 aliphatic rings. The van der Waals surface area contributed by atoms with E-state index in [1.165, 1.54) is 6.92 Å². The quantitative estimate of drug-likeness (QED) is 0.307. The number of hydrogen-bond acceptors (Lipinski definition) is 4. The molecule has 0 aromatic heterocycles. The smallest absolute Gasteiger partial charge is 0.508 e.